The van der Waals surface area contributed by atoms with E-state index in [1.807, 2.05) is 13.8 Å². The van der Waals surface area contributed by atoms with Gasteiger partial charge in [-0.05, 0) is 5.92 Å². The number of aromatic nitrogens is 3. The van der Waals surface area contributed by atoms with E-state index < -0.39 is 0 Å². The monoisotopic (exact) mass is 169 g/mol. The van der Waals surface area contributed by atoms with Gasteiger partial charge in [0.2, 0.25) is 5.95 Å². The third-order valence-electron chi connectivity index (χ3n) is 1.83. The number of rotatable bonds is 2. The first-order valence-corrected chi connectivity index (χ1v) is 3.94. The lowest BCUT2D eigenvalue weighted by Crippen LogP contribution is -2.20. The molecule has 0 spiro atoms. The Morgan fingerprint density at radius 2 is 2.00 bits per heavy atom. The predicted molar refractivity (Wildman–Crippen MR) is 47.2 cm³/mol. The van der Waals surface area contributed by atoms with Crippen molar-refractivity contribution in [2.24, 2.45) is 18.7 Å². The molecule has 5 heteroatoms. The van der Waals surface area contributed by atoms with E-state index in [2.05, 4.69) is 10.1 Å². The van der Waals surface area contributed by atoms with Crippen LogP contribution >= 0.6 is 0 Å². The van der Waals surface area contributed by atoms with Crippen LogP contribution in [-0.4, -0.2) is 14.8 Å². The zero-order chi connectivity index (χ0) is 9.30. The molecule has 68 valence electrons. The third-order valence-corrected chi connectivity index (χ3v) is 1.83. The van der Waals surface area contributed by atoms with Crippen LogP contribution in [0.25, 0.3) is 0 Å². The van der Waals surface area contributed by atoms with Crippen LogP contribution in [0.5, 0.6) is 0 Å². The van der Waals surface area contributed by atoms with Crippen molar-refractivity contribution in [1.29, 1.82) is 0 Å². The van der Waals surface area contributed by atoms with E-state index in [1.54, 1.807) is 11.7 Å². The molecule has 0 aromatic carbocycles. The van der Waals surface area contributed by atoms with Gasteiger partial charge < -0.3 is 11.5 Å². The summed E-state index contributed by atoms with van der Waals surface area (Å²) in [5, 5.41) is 3.92. The van der Waals surface area contributed by atoms with Crippen LogP contribution in [0.3, 0.4) is 0 Å². The van der Waals surface area contributed by atoms with Gasteiger partial charge in [-0.1, -0.05) is 13.8 Å². The van der Waals surface area contributed by atoms with Crippen LogP contribution in [-0.2, 0) is 7.05 Å². The second-order valence-corrected chi connectivity index (χ2v) is 3.22. The molecule has 0 bridgehead atoms. The largest absolute Gasteiger partial charge is 0.366 e. The molecule has 1 heterocycles. The van der Waals surface area contributed by atoms with Crippen molar-refractivity contribution in [1.82, 2.24) is 14.8 Å². The minimum absolute atomic E-state index is 0.0974. The van der Waals surface area contributed by atoms with Gasteiger partial charge in [0, 0.05) is 7.05 Å². The fourth-order valence-electron chi connectivity index (χ4n) is 1.01. The van der Waals surface area contributed by atoms with E-state index in [1.165, 1.54) is 0 Å². The molecule has 0 radical (unpaired) electrons. The van der Waals surface area contributed by atoms with Crippen LogP contribution in [0.2, 0.25) is 0 Å². The fourth-order valence-corrected chi connectivity index (χ4v) is 1.01. The van der Waals surface area contributed by atoms with Gasteiger partial charge in [0.15, 0.2) is 0 Å². The molecule has 0 aliphatic heterocycles. The second-order valence-electron chi connectivity index (χ2n) is 3.22. The van der Waals surface area contributed by atoms with E-state index in [0.717, 1.165) is 5.82 Å². The van der Waals surface area contributed by atoms with Crippen molar-refractivity contribution in [3.8, 4) is 0 Å². The molecule has 0 saturated carbocycles. The van der Waals surface area contributed by atoms with E-state index >= 15 is 0 Å². The molecule has 0 amide bonds. The molecule has 1 rings (SSSR count). The number of nitrogen functional groups attached to an aromatic ring is 1. The summed E-state index contributed by atoms with van der Waals surface area (Å²) >= 11 is 0. The van der Waals surface area contributed by atoms with Crippen molar-refractivity contribution < 1.29 is 0 Å². The lowest BCUT2D eigenvalue weighted by molar-refractivity contribution is 0.469. The van der Waals surface area contributed by atoms with Gasteiger partial charge in [-0.15, -0.1) is 5.10 Å². The molecular weight excluding hydrogens is 154 g/mol. The summed E-state index contributed by atoms with van der Waals surface area (Å²) < 4.78 is 1.62. The van der Waals surface area contributed by atoms with Crippen molar-refractivity contribution in [2.75, 3.05) is 5.73 Å². The number of anilines is 1. The number of aryl methyl sites for hydroxylation is 1. The highest BCUT2D eigenvalue weighted by Crippen LogP contribution is 2.16. The summed E-state index contributed by atoms with van der Waals surface area (Å²) in [4.78, 5) is 4.04. The van der Waals surface area contributed by atoms with Gasteiger partial charge in [0.1, 0.15) is 5.82 Å². The number of nitrogens with zero attached hydrogens (tertiary/aromatic N) is 3. The van der Waals surface area contributed by atoms with Gasteiger partial charge in [-0.3, -0.25) is 0 Å². The van der Waals surface area contributed by atoms with Crippen molar-refractivity contribution in [3.63, 3.8) is 0 Å². The molecule has 1 aromatic rings. The van der Waals surface area contributed by atoms with E-state index in [9.17, 15) is 0 Å². The minimum atomic E-state index is -0.0974. The zero-order valence-corrected chi connectivity index (χ0v) is 7.65. The van der Waals surface area contributed by atoms with E-state index in [-0.39, 0.29) is 12.0 Å². The number of hydrogen-bond acceptors (Lipinski definition) is 4. The van der Waals surface area contributed by atoms with Crippen molar-refractivity contribution in [3.05, 3.63) is 5.82 Å². The van der Waals surface area contributed by atoms with Crippen LogP contribution in [0.1, 0.15) is 25.7 Å². The Morgan fingerprint density at radius 3 is 2.33 bits per heavy atom. The molecule has 0 fully saturated rings. The van der Waals surface area contributed by atoms with Gasteiger partial charge >= 0.3 is 0 Å². The summed E-state index contributed by atoms with van der Waals surface area (Å²) in [6.45, 7) is 4.07. The van der Waals surface area contributed by atoms with Crippen LogP contribution < -0.4 is 11.5 Å². The Balaban J connectivity index is 2.94. The molecule has 0 aliphatic carbocycles. The maximum Gasteiger partial charge on any atom is 0.239 e. The first kappa shape index (κ1) is 8.99. The maximum absolute atomic E-state index is 5.87. The average Bonchev–Trinajstić information content (AvgIpc) is 2.28. The number of nitrogens with two attached hydrogens (primary N) is 2. The topological polar surface area (TPSA) is 82.8 Å². The molecule has 5 nitrogen and oxygen atoms in total. The van der Waals surface area contributed by atoms with Gasteiger partial charge in [-0.25, -0.2) is 4.68 Å². The Labute approximate surface area is 71.8 Å². The average molecular weight is 169 g/mol. The third kappa shape index (κ3) is 1.55. The molecule has 1 atom stereocenters. The Kier molecular flexibility index (Phi) is 2.32. The normalized spacial score (nSPS) is 13.8. The van der Waals surface area contributed by atoms with Crippen LogP contribution in [0.15, 0.2) is 0 Å². The van der Waals surface area contributed by atoms with Gasteiger partial charge in [0.05, 0.1) is 6.04 Å². The highest BCUT2D eigenvalue weighted by atomic mass is 15.4. The summed E-state index contributed by atoms with van der Waals surface area (Å²) in [5.41, 5.74) is 11.3. The summed E-state index contributed by atoms with van der Waals surface area (Å²) in [6.07, 6.45) is 0. The molecule has 4 N–H and O–H groups in total. The molecule has 1 aromatic heterocycles. The lowest BCUT2D eigenvalue weighted by atomic mass is 10.1. The van der Waals surface area contributed by atoms with Crippen molar-refractivity contribution in [2.45, 2.75) is 19.9 Å². The lowest BCUT2D eigenvalue weighted by Gasteiger charge is -2.13. The molecule has 0 saturated heterocycles. The standard InChI is InChI=1S/C7H15N5/c1-4(2)5(8)6-10-7(9)11-12(6)3/h4-5H,8H2,1-3H3,(H2,9,11). The maximum atomic E-state index is 5.87. The van der Waals surface area contributed by atoms with Crippen molar-refractivity contribution >= 4 is 5.95 Å². The predicted octanol–water partition coefficient (Wildman–Crippen LogP) is 0.0531. The Bertz CT molecular complexity index is 265. The van der Waals surface area contributed by atoms with Gasteiger partial charge in [-0.2, -0.15) is 4.98 Å². The highest BCUT2D eigenvalue weighted by Gasteiger charge is 2.16. The fraction of sp³-hybridized carbons (Fsp3) is 0.714. The number of hydrogen-bond donors (Lipinski definition) is 2. The first-order chi connectivity index (χ1) is 5.52. The first-order valence-electron chi connectivity index (χ1n) is 3.94. The molecule has 12 heavy (non-hydrogen) atoms. The Hall–Kier alpha value is -1.10. The second kappa shape index (κ2) is 3.10. The zero-order valence-electron chi connectivity index (χ0n) is 7.65. The van der Waals surface area contributed by atoms with Gasteiger partial charge in [0.25, 0.3) is 0 Å². The van der Waals surface area contributed by atoms with Crippen LogP contribution in [0, 0.1) is 5.92 Å². The molecule has 1 unspecified atom stereocenters. The summed E-state index contributed by atoms with van der Waals surface area (Å²) in [7, 11) is 1.79. The Morgan fingerprint density at radius 1 is 1.42 bits per heavy atom. The SMILES string of the molecule is CC(C)C(N)c1nc(N)nn1C. The highest BCUT2D eigenvalue weighted by molar-refractivity contribution is 5.15. The quantitative estimate of drug-likeness (QED) is 0.655. The van der Waals surface area contributed by atoms with E-state index in [4.69, 9.17) is 11.5 Å². The van der Waals surface area contributed by atoms with Crippen LogP contribution in [0.4, 0.5) is 5.95 Å². The summed E-state index contributed by atoms with van der Waals surface area (Å²) in [6, 6.07) is -0.0974. The molecular formula is C7H15N5. The van der Waals surface area contributed by atoms with E-state index in [0.29, 0.717) is 5.92 Å². The minimum Gasteiger partial charge on any atom is -0.366 e. The smallest absolute Gasteiger partial charge is 0.239 e. The molecule has 0 aliphatic rings. The summed E-state index contributed by atoms with van der Waals surface area (Å²) in [5.74, 6) is 1.36.